The van der Waals surface area contributed by atoms with Crippen LogP contribution in [0.4, 0.5) is 15.2 Å². The summed E-state index contributed by atoms with van der Waals surface area (Å²) in [5.74, 6) is -0.910. The lowest BCUT2D eigenvalue weighted by atomic mass is 10.1. The smallest absolute Gasteiger partial charge is 0.269 e. The lowest BCUT2D eigenvalue weighted by Gasteiger charge is -2.05. The van der Waals surface area contributed by atoms with Crippen molar-refractivity contribution in [2.24, 2.45) is 0 Å². The molecule has 10 heteroatoms. The van der Waals surface area contributed by atoms with E-state index in [2.05, 4.69) is 10.3 Å². The quantitative estimate of drug-likeness (QED) is 0.115. The summed E-state index contributed by atoms with van der Waals surface area (Å²) in [5.41, 5.74) is 3.60. The number of rotatable bonds is 7. The van der Waals surface area contributed by atoms with E-state index in [9.17, 15) is 24.6 Å². The average Bonchev–Trinajstić information content (AvgIpc) is 3.53. The minimum Gasteiger partial charge on any atom is -0.342 e. The summed E-state index contributed by atoms with van der Waals surface area (Å²) in [7, 11) is 0. The zero-order valence-corrected chi connectivity index (χ0v) is 20.5. The molecule has 2 aromatic heterocycles. The van der Waals surface area contributed by atoms with Gasteiger partial charge in [0.05, 0.1) is 10.6 Å². The number of carbonyl (C=O) groups is 1. The summed E-state index contributed by atoms with van der Waals surface area (Å²) in [6.45, 7) is 0.493. The summed E-state index contributed by atoms with van der Waals surface area (Å²) >= 11 is 1.18. The Bertz CT molecular complexity index is 1730. The van der Waals surface area contributed by atoms with Crippen molar-refractivity contribution in [2.75, 3.05) is 5.32 Å². The van der Waals surface area contributed by atoms with Gasteiger partial charge in [-0.3, -0.25) is 20.2 Å². The Labute approximate surface area is 220 Å². The van der Waals surface area contributed by atoms with Crippen LogP contribution < -0.4 is 5.32 Å². The Morgan fingerprint density at radius 1 is 1.13 bits per heavy atom. The van der Waals surface area contributed by atoms with Crippen molar-refractivity contribution in [1.82, 2.24) is 9.55 Å². The van der Waals surface area contributed by atoms with Gasteiger partial charge in [0, 0.05) is 52.3 Å². The number of amides is 1. The van der Waals surface area contributed by atoms with E-state index in [1.807, 2.05) is 41.1 Å². The number of nitro benzene ring substituents is 1. The SMILES string of the molecule is N#C/C(=C\c1cn(Cc2ccc(F)cc2)c2ccccc12)C(=O)Nc1nc(-c2ccc([N+](=O)[O-])cc2)cs1. The highest BCUT2D eigenvalue weighted by Gasteiger charge is 2.15. The number of thiazole rings is 1. The second kappa shape index (κ2) is 10.5. The largest absolute Gasteiger partial charge is 0.342 e. The zero-order chi connectivity index (χ0) is 26.6. The van der Waals surface area contributed by atoms with E-state index in [4.69, 9.17) is 0 Å². The van der Waals surface area contributed by atoms with E-state index in [0.29, 0.717) is 28.5 Å². The van der Waals surface area contributed by atoms with Crippen LogP contribution in [0.3, 0.4) is 0 Å². The van der Waals surface area contributed by atoms with E-state index in [1.54, 1.807) is 29.6 Å². The summed E-state index contributed by atoms with van der Waals surface area (Å²) in [5, 5.41) is 26.1. The number of non-ortho nitro benzene ring substituents is 1. The van der Waals surface area contributed by atoms with Crippen LogP contribution in [0, 0.1) is 27.3 Å². The number of fused-ring (bicyclic) bond motifs is 1. The van der Waals surface area contributed by atoms with Gasteiger partial charge in [-0.2, -0.15) is 5.26 Å². The van der Waals surface area contributed by atoms with Crippen LogP contribution in [0.1, 0.15) is 11.1 Å². The molecule has 0 saturated carbocycles. The number of para-hydroxylation sites is 1. The predicted octanol–water partition coefficient (Wildman–Crippen LogP) is 6.41. The Balaban J connectivity index is 1.38. The van der Waals surface area contributed by atoms with Gasteiger partial charge in [-0.25, -0.2) is 9.37 Å². The molecule has 0 fully saturated rings. The monoisotopic (exact) mass is 523 g/mol. The number of nitrogens with one attached hydrogen (secondary N) is 1. The molecule has 8 nitrogen and oxygen atoms in total. The van der Waals surface area contributed by atoms with E-state index < -0.39 is 10.8 Å². The van der Waals surface area contributed by atoms with Crippen LogP contribution >= 0.6 is 11.3 Å². The van der Waals surface area contributed by atoms with Gasteiger partial charge in [-0.05, 0) is 42.0 Å². The molecule has 0 bridgehead atoms. The molecule has 0 saturated heterocycles. The molecule has 3 aromatic carbocycles. The molecule has 0 atom stereocenters. The van der Waals surface area contributed by atoms with Crippen LogP contribution in [0.15, 0.2) is 89.9 Å². The third-order valence-corrected chi connectivity index (χ3v) is 6.61. The van der Waals surface area contributed by atoms with Gasteiger partial charge in [0.25, 0.3) is 11.6 Å². The van der Waals surface area contributed by atoms with Crippen molar-refractivity contribution < 1.29 is 14.1 Å². The highest BCUT2D eigenvalue weighted by Crippen LogP contribution is 2.28. The van der Waals surface area contributed by atoms with Gasteiger partial charge in [-0.1, -0.05) is 30.3 Å². The fraction of sp³-hybridized carbons (Fsp3) is 0.0357. The number of nitro groups is 1. The van der Waals surface area contributed by atoms with Gasteiger partial charge in [0.2, 0.25) is 0 Å². The van der Waals surface area contributed by atoms with E-state index in [-0.39, 0.29) is 17.1 Å². The van der Waals surface area contributed by atoms with Crippen LogP contribution in [0.5, 0.6) is 0 Å². The molecular weight excluding hydrogens is 505 g/mol. The molecule has 5 aromatic rings. The molecule has 5 rings (SSSR count). The molecule has 0 aliphatic heterocycles. The topological polar surface area (TPSA) is 114 Å². The summed E-state index contributed by atoms with van der Waals surface area (Å²) in [6, 6.07) is 21.8. The highest BCUT2D eigenvalue weighted by molar-refractivity contribution is 7.14. The lowest BCUT2D eigenvalue weighted by Crippen LogP contribution is -2.13. The number of carbonyl (C=O) groups excluding carboxylic acids is 1. The van der Waals surface area contributed by atoms with Crippen LogP contribution in [0.2, 0.25) is 0 Å². The first-order chi connectivity index (χ1) is 18.4. The maximum absolute atomic E-state index is 13.3. The van der Waals surface area contributed by atoms with Crippen LogP contribution in [-0.4, -0.2) is 20.4 Å². The number of aromatic nitrogens is 2. The normalized spacial score (nSPS) is 11.3. The molecule has 0 radical (unpaired) electrons. The van der Waals surface area contributed by atoms with Crippen LogP contribution in [-0.2, 0) is 11.3 Å². The molecule has 38 heavy (non-hydrogen) atoms. The third-order valence-electron chi connectivity index (χ3n) is 5.85. The van der Waals surface area contributed by atoms with Gasteiger partial charge < -0.3 is 4.57 Å². The predicted molar refractivity (Wildman–Crippen MR) is 144 cm³/mol. The van der Waals surface area contributed by atoms with Crippen LogP contribution in [0.25, 0.3) is 28.2 Å². The summed E-state index contributed by atoms with van der Waals surface area (Å²) in [4.78, 5) is 27.7. The average molecular weight is 524 g/mol. The maximum Gasteiger partial charge on any atom is 0.269 e. The first kappa shape index (κ1) is 24.5. The van der Waals surface area contributed by atoms with Crippen molar-refractivity contribution in [1.29, 1.82) is 5.26 Å². The van der Waals surface area contributed by atoms with Gasteiger partial charge in [-0.15, -0.1) is 11.3 Å². The first-order valence-electron chi connectivity index (χ1n) is 11.4. The molecule has 2 heterocycles. The van der Waals surface area contributed by atoms with Gasteiger partial charge in [0.1, 0.15) is 17.5 Å². The first-order valence-corrected chi connectivity index (χ1v) is 12.2. The summed E-state index contributed by atoms with van der Waals surface area (Å²) < 4.78 is 15.3. The molecular formula is C28H18FN5O3S. The summed E-state index contributed by atoms with van der Waals surface area (Å²) in [6.07, 6.45) is 3.39. The third kappa shape index (κ3) is 5.18. The Kier molecular flexibility index (Phi) is 6.76. The standard InChI is InChI=1S/C28H18FN5O3S/c29-22-9-5-18(6-10-22)15-33-16-21(24-3-1-2-4-26(24)33)13-20(14-30)27(35)32-28-31-25(17-38-28)19-7-11-23(12-8-19)34(36)37/h1-13,16-17H,15H2,(H,31,32,35)/b20-13+. The number of nitrogens with zero attached hydrogens (tertiary/aromatic N) is 4. The van der Waals surface area contributed by atoms with Gasteiger partial charge >= 0.3 is 0 Å². The second-order valence-electron chi connectivity index (χ2n) is 8.32. The van der Waals surface area contributed by atoms with E-state index in [1.165, 1.54) is 41.7 Å². The molecule has 0 aliphatic rings. The number of hydrogen-bond donors (Lipinski definition) is 1. The van der Waals surface area contributed by atoms with E-state index >= 15 is 0 Å². The minimum absolute atomic E-state index is 0.0275. The zero-order valence-electron chi connectivity index (χ0n) is 19.7. The van der Waals surface area contributed by atoms with E-state index in [0.717, 1.165) is 16.5 Å². The van der Waals surface area contributed by atoms with Crippen molar-refractivity contribution in [2.45, 2.75) is 6.54 Å². The van der Waals surface area contributed by atoms with Gasteiger partial charge in [0.15, 0.2) is 5.13 Å². The Morgan fingerprint density at radius 3 is 2.58 bits per heavy atom. The molecule has 0 aliphatic carbocycles. The van der Waals surface area contributed by atoms with Crippen molar-refractivity contribution in [3.63, 3.8) is 0 Å². The van der Waals surface area contributed by atoms with Crippen molar-refractivity contribution in [3.8, 4) is 17.3 Å². The number of benzene rings is 3. The Morgan fingerprint density at radius 2 is 1.87 bits per heavy atom. The minimum atomic E-state index is -0.604. The molecule has 1 amide bonds. The molecule has 0 spiro atoms. The Hall–Kier alpha value is -5.14. The molecule has 1 N–H and O–H groups in total. The number of nitriles is 1. The highest BCUT2D eigenvalue weighted by atomic mass is 32.1. The fourth-order valence-electron chi connectivity index (χ4n) is 3.99. The van der Waals surface area contributed by atoms with Crippen molar-refractivity contribution >= 4 is 45.0 Å². The maximum atomic E-state index is 13.3. The number of anilines is 1. The number of hydrogen-bond acceptors (Lipinski definition) is 6. The lowest BCUT2D eigenvalue weighted by molar-refractivity contribution is -0.384. The fourth-order valence-corrected chi connectivity index (χ4v) is 4.71. The number of halogens is 1. The molecule has 186 valence electrons. The van der Waals surface area contributed by atoms with Crippen molar-refractivity contribution in [3.05, 3.63) is 117 Å². The molecule has 0 unspecified atom stereocenters. The second-order valence-corrected chi connectivity index (χ2v) is 9.18.